The molecule has 4 nitrogen and oxygen atoms in total. The second-order valence-electron chi connectivity index (χ2n) is 4.97. The van der Waals surface area contributed by atoms with Crippen molar-refractivity contribution in [3.8, 4) is 0 Å². The summed E-state index contributed by atoms with van der Waals surface area (Å²) in [7, 11) is 0. The Balaban J connectivity index is 1.70. The van der Waals surface area contributed by atoms with E-state index < -0.39 is 0 Å². The Morgan fingerprint density at radius 1 is 1.05 bits per heavy atom. The van der Waals surface area contributed by atoms with Gasteiger partial charge in [0.15, 0.2) is 0 Å². The normalized spacial score (nSPS) is 10.5. The molecule has 1 amide bonds. The van der Waals surface area contributed by atoms with Crippen molar-refractivity contribution in [2.24, 2.45) is 0 Å². The van der Waals surface area contributed by atoms with E-state index in [1.807, 2.05) is 30.5 Å². The standard InChI is InChI=1S/C17H17N3O/c1-12(21)20-15-7-5-14(6-8-15)19-11-13-3-2-4-17-16(13)9-10-18-17/h2-10,18-19H,11H2,1H3,(H,20,21). The first-order valence-corrected chi connectivity index (χ1v) is 6.89. The Kier molecular flexibility index (Phi) is 3.60. The zero-order chi connectivity index (χ0) is 14.7. The third-order valence-electron chi connectivity index (χ3n) is 3.37. The topological polar surface area (TPSA) is 56.9 Å². The molecule has 3 rings (SSSR count). The maximum atomic E-state index is 11.0. The highest BCUT2D eigenvalue weighted by Crippen LogP contribution is 2.19. The molecule has 1 aromatic heterocycles. The van der Waals surface area contributed by atoms with E-state index in [0.29, 0.717) is 0 Å². The van der Waals surface area contributed by atoms with Gasteiger partial charge in [0, 0.05) is 41.9 Å². The third kappa shape index (κ3) is 3.05. The van der Waals surface area contributed by atoms with Crippen LogP contribution in [0.3, 0.4) is 0 Å². The number of carbonyl (C=O) groups is 1. The molecule has 3 aromatic rings. The number of benzene rings is 2. The molecule has 3 N–H and O–H groups in total. The van der Waals surface area contributed by atoms with Crippen LogP contribution >= 0.6 is 0 Å². The molecule has 0 saturated carbocycles. The van der Waals surface area contributed by atoms with Crippen LogP contribution in [-0.2, 0) is 11.3 Å². The summed E-state index contributed by atoms with van der Waals surface area (Å²) in [5.74, 6) is -0.0603. The fourth-order valence-corrected chi connectivity index (χ4v) is 2.38. The summed E-state index contributed by atoms with van der Waals surface area (Å²) in [6.07, 6.45) is 1.95. The molecule has 0 aliphatic heterocycles. The number of aromatic nitrogens is 1. The largest absolute Gasteiger partial charge is 0.381 e. The first-order valence-electron chi connectivity index (χ1n) is 6.89. The molecule has 2 aromatic carbocycles. The van der Waals surface area contributed by atoms with Crippen molar-refractivity contribution in [1.29, 1.82) is 0 Å². The van der Waals surface area contributed by atoms with Crippen LogP contribution in [0, 0.1) is 0 Å². The first kappa shape index (κ1) is 13.2. The lowest BCUT2D eigenvalue weighted by molar-refractivity contribution is -0.114. The van der Waals surface area contributed by atoms with Gasteiger partial charge < -0.3 is 15.6 Å². The van der Waals surface area contributed by atoms with Gasteiger partial charge in [0.25, 0.3) is 0 Å². The van der Waals surface area contributed by atoms with Crippen molar-refractivity contribution in [1.82, 2.24) is 4.98 Å². The molecule has 21 heavy (non-hydrogen) atoms. The summed E-state index contributed by atoms with van der Waals surface area (Å²) < 4.78 is 0. The summed E-state index contributed by atoms with van der Waals surface area (Å²) in [4.78, 5) is 14.2. The zero-order valence-corrected chi connectivity index (χ0v) is 11.8. The maximum absolute atomic E-state index is 11.0. The highest BCUT2D eigenvalue weighted by molar-refractivity contribution is 5.88. The number of carbonyl (C=O) groups excluding carboxylic acids is 1. The number of rotatable bonds is 4. The van der Waals surface area contributed by atoms with Crippen molar-refractivity contribution in [2.75, 3.05) is 10.6 Å². The first-order chi connectivity index (χ1) is 10.2. The predicted octanol–water partition coefficient (Wildman–Crippen LogP) is 3.74. The van der Waals surface area contributed by atoms with E-state index in [0.717, 1.165) is 23.4 Å². The number of hydrogen-bond donors (Lipinski definition) is 3. The number of H-pyrrole nitrogens is 1. The maximum Gasteiger partial charge on any atom is 0.221 e. The quantitative estimate of drug-likeness (QED) is 0.681. The summed E-state index contributed by atoms with van der Waals surface area (Å²) in [5.41, 5.74) is 4.23. The molecule has 0 unspecified atom stereocenters. The lowest BCUT2D eigenvalue weighted by Gasteiger charge is -2.09. The molecule has 0 spiro atoms. The van der Waals surface area contributed by atoms with Crippen LogP contribution in [0.2, 0.25) is 0 Å². The molecular weight excluding hydrogens is 262 g/mol. The second kappa shape index (κ2) is 5.71. The SMILES string of the molecule is CC(=O)Nc1ccc(NCc2cccc3[nH]ccc23)cc1. The van der Waals surface area contributed by atoms with Gasteiger partial charge >= 0.3 is 0 Å². The average Bonchev–Trinajstić information content (AvgIpc) is 2.95. The molecule has 106 valence electrons. The number of fused-ring (bicyclic) bond motifs is 1. The molecule has 1 heterocycles. The lowest BCUT2D eigenvalue weighted by atomic mass is 10.1. The van der Waals surface area contributed by atoms with E-state index in [4.69, 9.17) is 0 Å². The van der Waals surface area contributed by atoms with Gasteiger partial charge in [0.1, 0.15) is 0 Å². The third-order valence-corrected chi connectivity index (χ3v) is 3.37. The van der Waals surface area contributed by atoms with Gasteiger partial charge in [-0.2, -0.15) is 0 Å². The van der Waals surface area contributed by atoms with E-state index in [9.17, 15) is 4.79 Å². The van der Waals surface area contributed by atoms with E-state index in [1.54, 1.807) is 0 Å². The van der Waals surface area contributed by atoms with Gasteiger partial charge in [-0.05, 0) is 42.0 Å². The molecular formula is C17H17N3O. The van der Waals surface area contributed by atoms with E-state index >= 15 is 0 Å². The number of aromatic amines is 1. The summed E-state index contributed by atoms with van der Waals surface area (Å²) in [5, 5.41) is 7.39. The van der Waals surface area contributed by atoms with Gasteiger partial charge in [0.2, 0.25) is 5.91 Å². The van der Waals surface area contributed by atoms with Gasteiger partial charge in [-0.25, -0.2) is 0 Å². The fourth-order valence-electron chi connectivity index (χ4n) is 2.38. The van der Waals surface area contributed by atoms with Crippen molar-refractivity contribution in [2.45, 2.75) is 13.5 Å². The van der Waals surface area contributed by atoms with Crippen molar-refractivity contribution in [3.63, 3.8) is 0 Å². The molecule has 0 aliphatic rings. The number of anilines is 2. The summed E-state index contributed by atoms with van der Waals surface area (Å²) in [6, 6.07) is 16.0. The van der Waals surface area contributed by atoms with Gasteiger partial charge in [-0.1, -0.05) is 12.1 Å². The van der Waals surface area contributed by atoms with Crippen molar-refractivity contribution in [3.05, 3.63) is 60.3 Å². The molecule has 0 aliphatic carbocycles. The van der Waals surface area contributed by atoms with Crippen LogP contribution in [0.5, 0.6) is 0 Å². The molecule has 0 saturated heterocycles. The Labute approximate surface area is 123 Å². The van der Waals surface area contributed by atoms with Gasteiger partial charge in [-0.15, -0.1) is 0 Å². The number of nitrogens with one attached hydrogen (secondary N) is 3. The van der Waals surface area contributed by atoms with Crippen LogP contribution in [0.25, 0.3) is 10.9 Å². The Hall–Kier alpha value is -2.75. The minimum atomic E-state index is -0.0603. The molecule has 4 heteroatoms. The highest BCUT2D eigenvalue weighted by atomic mass is 16.1. The van der Waals surface area contributed by atoms with E-state index in [1.165, 1.54) is 17.9 Å². The predicted molar refractivity (Wildman–Crippen MR) is 86.4 cm³/mol. The number of amides is 1. The van der Waals surface area contributed by atoms with E-state index in [2.05, 4.69) is 39.9 Å². The Morgan fingerprint density at radius 2 is 1.81 bits per heavy atom. The molecule has 0 fully saturated rings. The molecule has 0 bridgehead atoms. The zero-order valence-electron chi connectivity index (χ0n) is 11.8. The molecule has 0 atom stereocenters. The molecule has 0 radical (unpaired) electrons. The lowest BCUT2D eigenvalue weighted by Crippen LogP contribution is -2.05. The monoisotopic (exact) mass is 279 g/mol. The van der Waals surface area contributed by atoms with Gasteiger partial charge in [0.05, 0.1) is 0 Å². The van der Waals surface area contributed by atoms with Crippen molar-refractivity contribution < 1.29 is 4.79 Å². The van der Waals surface area contributed by atoms with Crippen LogP contribution in [0.4, 0.5) is 11.4 Å². The highest BCUT2D eigenvalue weighted by Gasteiger charge is 2.01. The van der Waals surface area contributed by atoms with Crippen LogP contribution < -0.4 is 10.6 Å². The minimum Gasteiger partial charge on any atom is -0.381 e. The Morgan fingerprint density at radius 3 is 2.57 bits per heavy atom. The average molecular weight is 279 g/mol. The minimum absolute atomic E-state index is 0.0603. The summed E-state index contributed by atoms with van der Waals surface area (Å²) >= 11 is 0. The van der Waals surface area contributed by atoms with Crippen LogP contribution in [0.1, 0.15) is 12.5 Å². The smallest absolute Gasteiger partial charge is 0.221 e. The second-order valence-corrected chi connectivity index (χ2v) is 4.97. The van der Waals surface area contributed by atoms with E-state index in [-0.39, 0.29) is 5.91 Å². The van der Waals surface area contributed by atoms with Crippen molar-refractivity contribution >= 4 is 28.2 Å². The Bertz CT molecular complexity index is 759. The fraction of sp³-hybridized carbons (Fsp3) is 0.118. The van der Waals surface area contributed by atoms with Gasteiger partial charge in [-0.3, -0.25) is 4.79 Å². The van der Waals surface area contributed by atoms with Crippen LogP contribution in [0.15, 0.2) is 54.7 Å². The number of hydrogen-bond acceptors (Lipinski definition) is 2. The summed E-state index contributed by atoms with van der Waals surface area (Å²) in [6.45, 7) is 2.26. The van der Waals surface area contributed by atoms with Crippen LogP contribution in [-0.4, -0.2) is 10.9 Å².